The van der Waals surface area contributed by atoms with Crippen LogP contribution in [0.15, 0.2) is 34.1 Å². The first-order chi connectivity index (χ1) is 15.5. The lowest BCUT2D eigenvalue weighted by Gasteiger charge is -2.24. The SMILES string of the molecule is CCCN(CCC)c1nc2ccccn2c(=O)c1/C=C1\SC(=S)N(CCCOCC)C1=O. The first-order valence-corrected chi connectivity index (χ1v) is 12.3. The second-order valence-corrected chi connectivity index (χ2v) is 9.13. The molecule has 1 aliphatic rings. The number of thioether (sulfide) groups is 1. The predicted molar refractivity (Wildman–Crippen MR) is 135 cm³/mol. The Labute approximate surface area is 198 Å². The first-order valence-electron chi connectivity index (χ1n) is 11.1. The summed E-state index contributed by atoms with van der Waals surface area (Å²) in [6, 6.07) is 5.48. The van der Waals surface area contributed by atoms with Crippen molar-refractivity contribution >= 4 is 51.7 Å². The summed E-state index contributed by atoms with van der Waals surface area (Å²) in [5.41, 5.74) is 0.820. The quantitative estimate of drug-likeness (QED) is 0.278. The van der Waals surface area contributed by atoms with Crippen LogP contribution in [0.5, 0.6) is 0 Å². The van der Waals surface area contributed by atoms with E-state index >= 15 is 0 Å². The smallest absolute Gasteiger partial charge is 0.267 e. The fourth-order valence-corrected chi connectivity index (χ4v) is 4.91. The molecule has 9 heteroatoms. The van der Waals surface area contributed by atoms with Gasteiger partial charge in [0.25, 0.3) is 11.5 Å². The third-order valence-electron chi connectivity index (χ3n) is 5.06. The first kappa shape index (κ1) is 24.4. The highest BCUT2D eigenvalue weighted by molar-refractivity contribution is 8.26. The van der Waals surface area contributed by atoms with Gasteiger partial charge in [-0.1, -0.05) is 43.9 Å². The number of carbonyl (C=O) groups is 1. The van der Waals surface area contributed by atoms with E-state index in [0.717, 1.165) is 25.9 Å². The predicted octanol–water partition coefficient (Wildman–Crippen LogP) is 3.95. The summed E-state index contributed by atoms with van der Waals surface area (Å²) in [5, 5.41) is 0. The standard InChI is InChI=1S/C23H30N4O3S2/c1-4-11-25(12-5-2)20-17(21(28)26-13-8-7-10-19(26)24-20)16-18-22(29)27(23(31)32-18)14-9-15-30-6-3/h7-8,10,13,16H,4-6,9,11-12,14-15H2,1-3H3/b18-16-. The number of hydrogen-bond acceptors (Lipinski definition) is 7. The van der Waals surface area contributed by atoms with Gasteiger partial charge in [0.05, 0.1) is 10.5 Å². The van der Waals surface area contributed by atoms with Gasteiger partial charge in [0.1, 0.15) is 15.8 Å². The Bertz CT molecular complexity index is 1060. The summed E-state index contributed by atoms with van der Waals surface area (Å²) in [5.74, 6) is 0.448. The van der Waals surface area contributed by atoms with Crippen molar-refractivity contribution in [3.8, 4) is 0 Å². The molecular formula is C23H30N4O3S2. The van der Waals surface area contributed by atoms with Crippen molar-refractivity contribution in [2.24, 2.45) is 0 Å². The molecule has 2 aromatic rings. The van der Waals surface area contributed by atoms with Gasteiger partial charge in [-0.15, -0.1) is 0 Å². The number of carbonyl (C=O) groups excluding carboxylic acids is 1. The highest BCUT2D eigenvalue weighted by Gasteiger charge is 2.32. The number of fused-ring (bicyclic) bond motifs is 1. The second kappa shape index (κ2) is 11.6. The van der Waals surface area contributed by atoms with Crippen molar-refractivity contribution < 1.29 is 9.53 Å². The maximum absolute atomic E-state index is 13.4. The minimum Gasteiger partial charge on any atom is -0.382 e. The van der Waals surface area contributed by atoms with E-state index in [1.807, 2.05) is 19.1 Å². The number of thiocarbonyl (C=S) groups is 1. The zero-order valence-corrected chi connectivity index (χ0v) is 20.5. The largest absolute Gasteiger partial charge is 0.382 e. The number of amides is 1. The van der Waals surface area contributed by atoms with Gasteiger partial charge < -0.3 is 9.64 Å². The molecule has 172 valence electrons. The molecule has 2 aromatic heterocycles. The normalized spacial score (nSPS) is 15.3. The van der Waals surface area contributed by atoms with Crippen molar-refractivity contribution in [3.05, 3.63) is 45.2 Å². The molecule has 0 bridgehead atoms. The molecule has 3 heterocycles. The Kier molecular flexibility index (Phi) is 8.84. The second-order valence-electron chi connectivity index (χ2n) is 7.45. The summed E-state index contributed by atoms with van der Waals surface area (Å²) >= 11 is 6.68. The Morgan fingerprint density at radius 1 is 1.19 bits per heavy atom. The van der Waals surface area contributed by atoms with Gasteiger partial charge in [0.15, 0.2) is 0 Å². The third-order valence-corrected chi connectivity index (χ3v) is 6.44. The van der Waals surface area contributed by atoms with Crippen LogP contribution in [0.3, 0.4) is 0 Å². The number of nitrogens with zero attached hydrogens (tertiary/aromatic N) is 4. The summed E-state index contributed by atoms with van der Waals surface area (Å²) in [7, 11) is 0. The van der Waals surface area contributed by atoms with E-state index in [1.54, 1.807) is 23.2 Å². The lowest BCUT2D eigenvalue weighted by Crippen LogP contribution is -2.31. The molecule has 0 unspecified atom stereocenters. The maximum atomic E-state index is 13.4. The van der Waals surface area contributed by atoms with Gasteiger partial charge in [0, 0.05) is 39.0 Å². The van der Waals surface area contributed by atoms with E-state index in [4.69, 9.17) is 21.9 Å². The van der Waals surface area contributed by atoms with Crippen LogP contribution in [0.2, 0.25) is 0 Å². The molecule has 0 spiro atoms. The van der Waals surface area contributed by atoms with Gasteiger partial charge in [-0.25, -0.2) is 4.98 Å². The van der Waals surface area contributed by atoms with Crippen molar-refractivity contribution in [3.63, 3.8) is 0 Å². The zero-order chi connectivity index (χ0) is 23.1. The molecule has 1 amide bonds. The van der Waals surface area contributed by atoms with Crippen LogP contribution >= 0.6 is 24.0 Å². The van der Waals surface area contributed by atoms with Gasteiger partial charge >= 0.3 is 0 Å². The Morgan fingerprint density at radius 3 is 2.62 bits per heavy atom. The van der Waals surface area contributed by atoms with E-state index < -0.39 is 0 Å². The fourth-order valence-electron chi connectivity index (χ4n) is 3.61. The van der Waals surface area contributed by atoms with Crippen LogP contribution in [0.1, 0.15) is 45.6 Å². The number of hydrogen-bond donors (Lipinski definition) is 0. The molecule has 3 rings (SSSR count). The lowest BCUT2D eigenvalue weighted by molar-refractivity contribution is -0.122. The molecular weight excluding hydrogens is 444 g/mol. The van der Waals surface area contributed by atoms with Gasteiger partial charge in [0.2, 0.25) is 0 Å². The van der Waals surface area contributed by atoms with Crippen LogP contribution < -0.4 is 10.5 Å². The van der Waals surface area contributed by atoms with Crippen LogP contribution in [-0.4, -0.2) is 57.4 Å². The fraction of sp³-hybridized carbons (Fsp3) is 0.478. The molecule has 0 aliphatic carbocycles. The molecule has 0 saturated carbocycles. The molecule has 0 atom stereocenters. The number of aromatic nitrogens is 2. The van der Waals surface area contributed by atoms with E-state index in [0.29, 0.717) is 52.4 Å². The zero-order valence-electron chi connectivity index (χ0n) is 18.9. The molecule has 0 radical (unpaired) electrons. The van der Waals surface area contributed by atoms with Crippen LogP contribution in [-0.2, 0) is 9.53 Å². The van der Waals surface area contributed by atoms with Crippen molar-refractivity contribution in [2.75, 3.05) is 37.7 Å². The van der Waals surface area contributed by atoms with E-state index in [-0.39, 0.29) is 11.5 Å². The molecule has 7 nitrogen and oxygen atoms in total. The maximum Gasteiger partial charge on any atom is 0.267 e. The molecule has 1 saturated heterocycles. The third kappa shape index (κ3) is 5.39. The van der Waals surface area contributed by atoms with Crippen molar-refractivity contribution in [1.29, 1.82) is 0 Å². The van der Waals surface area contributed by atoms with Crippen molar-refractivity contribution in [2.45, 2.75) is 40.0 Å². The summed E-state index contributed by atoms with van der Waals surface area (Å²) < 4.78 is 7.40. The number of anilines is 1. The average molecular weight is 475 g/mol. The molecule has 1 aliphatic heterocycles. The minimum atomic E-state index is -0.190. The van der Waals surface area contributed by atoms with Gasteiger partial charge in [-0.2, -0.15) is 0 Å². The molecule has 32 heavy (non-hydrogen) atoms. The molecule has 1 fully saturated rings. The molecule has 0 N–H and O–H groups in total. The summed E-state index contributed by atoms with van der Waals surface area (Å²) in [4.78, 5) is 35.5. The average Bonchev–Trinajstić information content (AvgIpc) is 3.05. The van der Waals surface area contributed by atoms with E-state index in [2.05, 4.69) is 18.7 Å². The Balaban J connectivity index is 2.03. The minimum absolute atomic E-state index is 0.169. The van der Waals surface area contributed by atoms with E-state index in [9.17, 15) is 9.59 Å². The summed E-state index contributed by atoms with van der Waals surface area (Å²) in [6.07, 6.45) is 5.94. The molecule has 0 aromatic carbocycles. The van der Waals surface area contributed by atoms with Crippen molar-refractivity contribution in [1.82, 2.24) is 14.3 Å². The number of pyridine rings is 1. The topological polar surface area (TPSA) is 67.2 Å². The van der Waals surface area contributed by atoms with Crippen LogP contribution in [0, 0.1) is 0 Å². The Hall–Kier alpha value is -2.23. The highest BCUT2D eigenvalue weighted by Crippen LogP contribution is 2.33. The van der Waals surface area contributed by atoms with Crippen LogP contribution in [0.25, 0.3) is 11.7 Å². The lowest BCUT2D eigenvalue weighted by atomic mass is 10.2. The van der Waals surface area contributed by atoms with Crippen LogP contribution in [0.4, 0.5) is 5.82 Å². The Morgan fingerprint density at radius 2 is 1.94 bits per heavy atom. The van der Waals surface area contributed by atoms with Gasteiger partial charge in [-0.05, 0) is 44.4 Å². The number of ether oxygens (including phenoxy) is 1. The van der Waals surface area contributed by atoms with E-state index in [1.165, 1.54) is 16.2 Å². The monoisotopic (exact) mass is 474 g/mol. The number of rotatable bonds is 11. The summed E-state index contributed by atoms with van der Waals surface area (Å²) in [6.45, 7) is 9.43. The highest BCUT2D eigenvalue weighted by atomic mass is 32.2. The van der Waals surface area contributed by atoms with Gasteiger partial charge in [-0.3, -0.25) is 18.9 Å².